The molecule has 0 saturated heterocycles. The Hall–Kier alpha value is -1.02. The van der Waals surface area contributed by atoms with E-state index in [1.807, 2.05) is 0 Å². The van der Waals surface area contributed by atoms with E-state index < -0.39 is 0 Å². The standard InChI is InChI=1S/C19H29NO/c1-2-4-14-7-8-16(13-20)19(11-14)15-5-3-6-18(12-15)21-17-9-10-17/h3,5-6,12,14,16-17,19H,2,4,7-11,13,20H2,1H3. The van der Waals surface area contributed by atoms with Crippen molar-refractivity contribution in [2.24, 2.45) is 17.6 Å². The molecule has 21 heavy (non-hydrogen) atoms. The molecule has 2 fully saturated rings. The molecule has 2 nitrogen and oxygen atoms in total. The molecule has 0 aromatic heterocycles. The molecule has 116 valence electrons. The Balaban J connectivity index is 1.74. The summed E-state index contributed by atoms with van der Waals surface area (Å²) in [6.07, 6.45) is 9.55. The lowest BCUT2D eigenvalue weighted by atomic mass is 9.70. The Labute approximate surface area is 129 Å². The molecular formula is C19H29NO. The van der Waals surface area contributed by atoms with E-state index in [1.165, 1.54) is 50.5 Å². The number of ether oxygens (including phenoxy) is 1. The normalized spacial score (nSPS) is 29.3. The van der Waals surface area contributed by atoms with Gasteiger partial charge in [0.2, 0.25) is 0 Å². The SMILES string of the molecule is CCCC1CCC(CN)C(c2cccc(OC3CC3)c2)C1. The lowest BCUT2D eigenvalue weighted by Gasteiger charge is -2.36. The third-order valence-corrected chi connectivity index (χ3v) is 5.22. The summed E-state index contributed by atoms with van der Waals surface area (Å²) in [7, 11) is 0. The summed E-state index contributed by atoms with van der Waals surface area (Å²) in [6, 6.07) is 8.82. The van der Waals surface area contributed by atoms with Gasteiger partial charge in [-0.25, -0.2) is 0 Å². The molecule has 0 radical (unpaired) electrons. The molecule has 2 aliphatic carbocycles. The van der Waals surface area contributed by atoms with Crippen molar-refractivity contribution in [3.8, 4) is 5.75 Å². The quantitative estimate of drug-likeness (QED) is 0.837. The predicted octanol–water partition coefficient (Wildman–Crippen LogP) is 4.49. The van der Waals surface area contributed by atoms with E-state index in [4.69, 9.17) is 10.5 Å². The largest absolute Gasteiger partial charge is 0.490 e. The van der Waals surface area contributed by atoms with Gasteiger partial charge in [-0.1, -0.05) is 38.3 Å². The highest BCUT2D eigenvalue weighted by atomic mass is 16.5. The molecule has 3 rings (SSSR count). The van der Waals surface area contributed by atoms with Crippen molar-refractivity contribution < 1.29 is 4.74 Å². The molecule has 3 atom stereocenters. The van der Waals surface area contributed by atoms with Crippen LogP contribution in [0.3, 0.4) is 0 Å². The summed E-state index contributed by atoms with van der Waals surface area (Å²) < 4.78 is 5.97. The molecule has 0 amide bonds. The second kappa shape index (κ2) is 6.83. The summed E-state index contributed by atoms with van der Waals surface area (Å²) in [5, 5.41) is 0. The molecule has 2 N–H and O–H groups in total. The van der Waals surface area contributed by atoms with Crippen LogP contribution in [-0.4, -0.2) is 12.6 Å². The summed E-state index contributed by atoms with van der Waals surface area (Å²) >= 11 is 0. The van der Waals surface area contributed by atoms with Crippen LogP contribution in [0.25, 0.3) is 0 Å². The zero-order valence-corrected chi connectivity index (χ0v) is 13.3. The molecule has 2 aliphatic rings. The van der Waals surface area contributed by atoms with Crippen molar-refractivity contribution in [2.75, 3.05) is 6.54 Å². The van der Waals surface area contributed by atoms with Gasteiger partial charge in [0.25, 0.3) is 0 Å². The van der Waals surface area contributed by atoms with Crippen LogP contribution in [-0.2, 0) is 0 Å². The minimum Gasteiger partial charge on any atom is -0.490 e. The van der Waals surface area contributed by atoms with E-state index in [0.29, 0.717) is 17.9 Å². The van der Waals surface area contributed by atoms with Gasteiger partial charge in [-0.15, -0.1) is 0 Å². The van der Waals surface area contributed by atoms with Gasteiger partial charge in [0.1, 0.15) is 5.75 Å². The molecule has 1 aromatic rings. The summed E-state index contributed by atoms with van der Waals surface area (Å²) in [6.45, 7) is 3.12. The van der Waals surface area contributed by atoms with Crippen molar-refractivity contribution >= 4 is 0 Å². The van der Waals surface area contributed by atoms with E-state index in [0.717, 1.165) is 18.2 Å². The fraction of sp³-hybridized carbons (Fsp3) is 0.684. The van der Waals surface area contributed by atoms with Gasteiger partial charge >= 0.3 is 0 Å². The first kappa shape index (κ1) is 14.9. The average Bonchev–Trinajstić information content (AvgIpc) is 3.32. The molecule has 0 spiro atoms. The topological polar surface area (TPSA) is 35.2 Å². The van der Waals surface area contributed by atoms with E-state index in [-0.39, 0.29) is 0 Å². The second-order valence-electron chi connectivity index (χ2n) is 6.96. The van der Waals surface area contributed by atoms with Crippen molar-refractivity contribution in [3.63, 3.8) is 0 Å². The maximum Gasteiger partial charge on any atom is 0.120 e. The lowest BCUT2D eigenvalue weighted by Crippen LogP contribution is -2.29. The first-order chi connectivity index (χ1) is 10.3. The van der Waals surface area contributed by atoms with Gasteiger partial charge in [0.15, 0.2) is 0 Å². The zero-order valence-electron chi connectivity index (χ0n) is 13.3. The maximum atomic E-state index is 6.05. The third-order valence-electron chi connectivity index (χ3n) is 5.22. The van der Waals surface area contributed by atoms with Crippen molar-refractivity contribution in [1.29, 1.82) is 0 Å². The van der Waals surface area contributed by atoms with E-state index >= 15 is 0 Å². The molecule has 1 aromatic carbocycles. The number of benzene rings is 1. The Kier molecular flexibility index (Phi) is 4.84. The van der Waals surface area contributed by atoms with Crippen LogP contribution in [0.4, 0.5) is 0 Å². The molecular weight excluding hydrogens is 258 g/mol. The molecule has 2 saturated carbocycles. The van der Waals surface area contributed by atoms with Crippen LogP contribution in [0.1, 0.15) is 63.4 Å². The minimum atomic E-state index is 0.477. The van der Waals surface area contributed by atoms with E-state index in [2.05, 4.69) is 31.2 Å². The van der Waals surface area contributed by atoms with Gasteiger partial charge in [0, 0.05) is 0 Å². The second-order valence-corrected chi connectivity index (χ2v) is 6.96. The molecule has 0 heterocycles. The number of nitrogens with two attached hydrogens (primary N) is 1. The Morgan fingerprint density at radius 2 is 2.05 bits per heavy atom. The smallest absolute Gasteiger partial charge is 0.120 e. The summed E-state index contributed by atoms with van der Waals surface area (Å²) in [5.74, 6) is 3.22. The molecule has 3 unspecified atom stereocenters. The molecule has 0 bridgehead atoms. The first-order valence-electron chi connectivity index (χ1n) is 8.76. The highest BCUT2D eigenvalue weighted by Crippen LogP contribution is 2.42. The summed E-state index contributed by atoms with van der Waals surface area (Å²) in [4.78, 5) is 0. The van der Waals surface area contributed by atoms with E-state index in [9.17, 15) is 0 Å². The molecule has 2 heteroatoms. The minimum absolute atomic E-state index is 0.477. The van der Waals surface area contributed by atoms with Gasteiger partial charge in [0.05, 0.1) is 6.10 Å². The predicted molar refractivity (Wildman–Crippen MR) is 87.6 cm³/mol. The Morgan fingerprint density at radius 1 is 1.19 bits per heavy atom. The zero-order chi connectivity index (χ0) is 14.7. The van der Waals surface area contributed by atoms with Gasteiger partial charge in [-0.3, -0.25) is 0 Å². The van der Waals surface area contributed by atoms with Gasteiger partial charge in [-0.2, -0.15) is 0 Å². The van der Waals surface area contributed by atoms with Crippen LogP contribution in [0, 0.1) is 11.8 Å². The first-order valence-corrected chi connectivity index (χ1v) is 8.76. The van der Waals surface area contributed by atoms with Crippen LogP contribution < -0.4 is 10.5 Å². The fourth-order valence-electron chi connectivity index (χ4n) is 3.88. The van der Waals surface area contributed by atoms with Crippen LogP contribution in [0.15, 0.2) is 24.3 Å². The highest BCUT2D eigenvalue weighted by Gasteiger charge is 2.31. The Bertz CT molecular complexity index is 455. The Morgan fingerprint density at radius 3 is 2.76 bits per heavy atom. The van der Waals surface area contributed by atoms with E-state index in [1.54, 1.807) is 0 Å². The van der Waals surface area contributed by atoms with Gasteiger partial charge in [-0.05, 0) is 67.7 Å². The number of hydrogen-bond acceptors (Lipinski definition) is 2. The fourth-order valence-corrected chi connectivity index (χ4v) is 3.88. The average molecular weight is 287 g/mol. The van der Waals surface area contributed by atoms with Crippen LogP contribution in [0.2, 0.25) is 0 Å². The van der Waals surface area contributed by atoms with Gasteiger partial charge < -0.3 is 10.5 Å². The highest BCUT2D eigenvalue weighted by molar-refractivity contribution is 5.32. The number of rotatable bonds is 6. The van der Waals surface area contributed by atoms with Crippen molar-refractivity contribution in [3.05, 3.63) is 29.8 Å². The number of hydrogen-bond donors (Lipinski definition) is 1. The van der Waals surface area contributed by atoms with Crippen LogP contribution in [0.5, 0.6) is 5.75 Å². The monoisotopic (exact) mass is 287 g/mol. The molecule has 0 aliphatic heterocycles. The lowest BCUT2D eigenvalue weighted by molar-refractivity contribution is 0.229. The summed E-state index contributed by atoms with van der Waals surface area (Å²) in [5.41, 5.74) is 7.50. The van der Waals surface area contributed by atoms with Crippen molar-refractivity contribution in [2.45, 2.75) is 63.9 Å². The maximum absolute atomic E-state index is 6.05. The third kappa shape index (κ3) is 3.79. The van der Waals surface area contributed by atoms with Crippen LogP contribution >= 0.6 is 0 Å². The van der Waals surface area contributed by atoms with Crippen molar-refractivity contribution in [1.82, 2.24) is 0 Å².